The summed E-state index contributed by atoms with van der Waals surface area (Å²) >= 11 is 12.5. The van der Waals surface area contributed by atoms with Gasteiger partial charge in [0, 0.05) is 16.1 Å². The van der Waals surface area contributed by atoms with Gasteiger partial charge in [0.05, 0.1) is 23.4 Å². The number of nitrogens with one attached hydrogen (secondary N) is 1. The Kier molecular flexibility index (Phi) is 6.84. The van der Waals surface area contributed by atoms with E-state index in [1.165, 1.54) is 0 Å². The van der Waals surface area contributed by atoms with Gasteiger partial charge in [-0.2, -0.15) is 0 Å². The lowest BCUT2D eigenvalue weighted by Gasteiger charge is -2.29. The molecular weight excluding hydrogens is 395 g/mol. The molecule has 150 valence electrons. The van der Waals surface area contributed by atoms with Gasteiger partial charge in [-0.25, -0.2) is 4.98 Å². The minimum Gasteiger partial charge on any atom is -0.478 e. The number of pyridine rings is 1. The summed E-state index contributed by atoms with van der Waals surface area (Å²) in [5.41, 5.74) is 1.64. The Balaban J connectivity index is 1.82. The zero-order valence-electron chi connectivity index (χ0n) is 16.4. The number of carbonyl (C=O) groups excluding carboxylic acids is 1. The monoisotopic (exact) mass is 420 g/mol. The van der Waals surface area contributed by atoms with E-state index >= 15 is 0 Å². The van der Waals surface area contributed by atoms with Gasteiger partial charge < -0.3 is 10.1 Å². The largest absolute Gasteiger partial charge is 0.478 e. The normalized spacial score (nSPS) is 15.4. The fourth-order valence-corrected chi connectivity index (χ4v) is 4.38. The molecule has 3 rings (SSSR count). The average Bonchev–Trinajstić information content (AvgIpc) is 3.15. The van der Waals surface area contributed by atoms with Crippen LogP contribution in [0.3, 0.4) is 0 Å². The molecule has 1 aliphatic rings. The summed E-state index contributed by atoms with van der Waals surface area (Å²) in [5.74, 6) is 0.541. The van der Waals surface area contributed by atoms with E-state index < -0.39 is 5.41 Å². The van der Waals surface area contributed by atoms with Gasteiger partial charge in [0.2, 0.25) is 11.8 Å². The summed E-state index contributed by atoms with van der Waals surface area (Å²) in [6.45, 7) is 4.64. The molecule has 0 saturated heterocycles. The van der Waals surface area contributed by atoms with Gasteiger partial charge in [0.1, 0.15) is 0 Å². The highest BCUT2D eigenvalue weighted by molar-refractivity contribution is 6.35. The van der Waals surface area contributed by atoms with Crippen molar-refractivity contribution >= 4 is 34.8 Å². The molecule has 0 bridgehead atoms. The van der Waals surface area contributed by atoms with E-state index in [1.807, 2.05) is 19.1 Å². The molecule has 28 heavy (non-hydrogen) atoms. The number of aryl methyl sites for hydroxylation is 1. The SMILES string of the molecule is CCCCOc1ccc(NC(=O)C2(c3ccc(Cl)cc3Cl)CCCC2)c(C)n1. The van der Waals surface area contributed by atoms with Crippen LogP contribution in [0.1, 0.15) is 56.7 Å². The third-order valence-electron chi connectivity index (χ3n) is 5.39. The van der Waals surface area contributed by atoms with Crippen molar-refractivity contribution in [3.05, 3.63) is 51.6 Å². The lowest BCUT2D eigenvalue weighted by atomic mass is 9.78. The van der Waals surface area contributed by atoms with Crippen LogP contribution in [0.2, 0.25) is 10.0 Å². The first kappa shape index (κ1) is 20.9. The van der Waals surface area contributed by atoms with Crippen LogP contribution in [0.15, 0.2) is 30.3 Å². The quantitative estimate of drug-likeness (QED) is 0.532. The van der Waals surface area contributed by atoms with Gasteiger partial charge >= 0.3 is 0 Å². The number of hydrogen-bond acceptors (Lipinski definition) is 3. The van der Waals surface area contributed by atoms with E-state index in [1.54, 1.807) is 18.2 Å². The van der Waals surface area contributed by atoms with E-state index in [4.69, 9.17) is 27.9 Å². The van der Waals surface area contributed by atoms with E-state index in [2.05, 4.69) is 17.2 Å². The first-order chi connectivity index (χ1) is 13.5. The third kappa shape index (κ3) is 4.44. The molecule has 1 saturated carbocycles. The van der Waals surface area contributed by atoms with Crippen LogP contribution in [0.25, 0.3) is 0 Å². The number of halogens is 2. The van der Waals surface area contributed by atoms with E-state index in [9.17, 15) is 4.79 Å². The van der Waals surface area contributed by atoms with Crippen LogP contribution >= 0.6 is 23.2 Å². The molecule has 0 spiro atoms. The molecule has 2 aromatic rings. The topological polar surface area (TPSA) is 51.2 Å². The molecule has 1 heterocycles. The zero-order valence-corrected chi connectivity index (χ0v) is 17.9. The molecule has 1 N–H and O–H groups in total. The van der Waals surface area contributed by atoms with Crippen molar-refractivity contribution in [1.82, 2.24) is 4.98 Å². The van der Waals surface area contributed by atoms with Crippen LogP contribution < -0.4 is 10.1 Å². The predicted molar refractivity (Wildman–Crippen MR) is 115 cm³/mol. The number of unbranched alkanes of at least 4 members (excludes halogenated alkanes) is 1. The summed E-state index contributed by atoms with van der Waals surface area (Å²) < 4.78 is 5.65. The highest BCUT2D eigenvalue weighted by atomic mass is 35.5. The first-order valence-electron chi connectivity index (χ1n) is 9.84. The fourth-order valence-electron chi connectivity index (χ4n) is 3.79. The Hall–Kier alpha value is -1.78. The van der Waals surface area contributed by atoms with Crippen molar-refractivity contribution in [3.8, 4) is 5.88 Å². The van der Waals surface area contributed by atoms with Crippen molar-refractivity contribution in [2.75, 3.05) is 11.9 Å². The summed E-state index contributed by atoms with van der Waals surface area (Å²) in [7, 11) is 0. The van der Waals surface area contributed by atoms with E-state index in [0.717, 1.165) is 49.8 Å². The predicted octanol–water partition coefficient (Wildman–Crippen LogP) is 6.33. The molecule has 1 fully saturated rings. The molecule has 1 aromatic heterocycles. The Morgan fingerprint density at radius 3 is 2.61 bits per heavy atom. The van der Waals surface area contributed by atoms with Crippen LogP contribution in [0, 0.1) is 6.92 Å². The number of ether oxygens (including phenoxy) is 1. The van der Waals surface area contributed by atoms with Crippen LogP contribution in [0.4, 0.5) is 5.69 Å². The van der Waals surface area contributed by atoms with Gasteiger partial charge in [-0.3, -0.25) is 4.79 Å². The standard InChI is InChI=1S/C22H26Cl2N2O2/c1-3-4-13-28-20-10-9-19(15(2)25-20)26-21(27)22(11-5-6-12-22)17-8-7-16(23)14-18(17)24/h7-10,14H,3-6,11-13H2,1-2H3,(H,26,27). The van der Waals surface area contributed by atoms with Crippen molar-refractivity contribution in [2.24, 2.45) is 0 Å². The second-order valence-electron chi connectivity index (χ2n) is 7.35. The minimum absolute atomic E-state index is 0.0428. The number of amides is 1. The number of hydrogen-bond donors (Lipinski definition) is 1. The van der Waals surface area contributed by atoms with Crippen molar-refractivity contribution < 1.29 is 9.53 Å². The maximum Gasteiger partial charge on any atom is 0.235 e. The molecule has 1 aliphatic carbocycles. The zero-order chi connectivity index (χ0) is 20.1. The van der Waals surface area contributed by atoms with Crippen LogP contribution in [0.5, 0.6) is 5.88 Å². The number of benzene rings is 1. The van der Waals surface area contributed by atoms with Crippen LogP contribution in [-0.2, 0) is 10.2 Å². The molecule has 6 heteroatoms. The molecule has 0 radical (unpaired) electrons. The molecule has 1 aromatic carbocycles. The molecule has 0 aliphatic heterocycles. The summed E-state index contributed by atoms with van der Waals surface area (Å²) in [6, 6.07) is 9.04. The average molecular weight is 421 g/mol. The number of carbonyl (C=O) groups is 1. The summed E-state index contributed by atoms with van der Waals surface area (Å²) in [5, 5.41) is 4.19. The lowest BCUT2D eigenvalue weighted by molar-refractivity contribution is -0.121. The Morgan fingerprint density at radius 2 is 1.96 bits per heavy atom. The second kappa shape index (κ2) is 9.15. The molecule has 1 amide bonds. The fraction of sp³-hybridized carbons (Fsp3) is 0.455. The Bertz CT molecular complexity index is 848. The van der Waals surface area contributed by atoms with Crippen molar-refractivity contribution in [1.29, 1.82) is 0 Å². The van der Waals surface area contributed by atoms with Crippen LogP contribution in [-0.4, -0.2) is 17.5 Å². The van der Waals surface area contributed by atoms with Gasteiger partial charge in [0.25, 0.3) is 0 Å². The first-order valence-corrected chi connectivity index (χ1v) is 10.6. The van der Waals surface area contributed by atoms with Gasteiger partial charge in [-0.1, -0.05) is 55.5 Å². The summed E-state index contributed by atoms with van der Waals surface area (Å²) in [4.78, 5) is 17.8. The molecule has 4 nitrogen and oxygen atoms in total. The van der Waals surface area contributed by atoms with Gasteiger partial charge in [-0.05, 0) is 49.9 Å². The Labute approximate surface area is 176 Å². The van der Waals surface area contributed by atoms with Crippen molar-refractivity contribution in [3.63, 3.8) is 0 Å². The molecule has 0 atom stereocenters. The Morgan fingerprint density at radius 1 is 1.21 bits per heavy atom. The maximum atomic E-state index is 13.4. The maximum absolute atomic E-state index is 13.4. The second-order valence-corrected chi connectivity index (χ2v) is 8.20. The number of anilines is 1. The van der Waals surface area contributed by atoms with Gasteiger partial charge in [0.15, 0.2) is 0 Å². The number of rotatable bonds is 7. The van der Waals surface area contributed by atoms with E-state index in [0.29, 0.717) is 28.2 Å². The third-order valence-corrected chi connectivity index (χ3v) is 5.94. The molecular formula is C22H26Cl2N2O2. The smallest absolute Gasteiger partial charge is 0.235 e. The number of nitrogens with zero attached hydrogens (tertiary/aromatic N) is 1. The van der Waals surface area contributed by atoms with Gasteiger partial charge in [-0.15, -0.1) is 0 Å². The number of aromatic nitrogens is 1. The summed E-state index contributed by atoms with van der Waals surface area (Å²) in [6.07, 6.45) is 5.59. The highest BCUT2D eigenvalue weighted by Crippen LogP contribution is 2.45. The van der Waals surface area contributed by atoms with E-state index in [-0.39, 0.29) is 5.91 Å². The molecule has 0 unspecified atom stereocenters. The lowest BCUT2D eigenvalue weighted by Crippen LogP contribution is -2.38. The van der Waals surface area contributed by atoms with Crippen molar-refractivity contribution in [2.45, 2.75) is 57.8 Å². The minimum atomic E-state index is -0.635. The highest BCUT2D eigenvalue weighted by Gasteiger charge is 2.44.